The number of benzene rings is 3. The molecule has 0 spiro atoms. The molecule has 230 valence electrons. The van der Waals surface area contributed by atoms with Crippen molar-refractivity contribution in [3.63, 3.8) is 0 Å². The monoisotopic (exact) mass is 645 g/mol. The van der Waals surface area contributed by atoms with Gasteiger partial charge in [0.2, 0.25) is 17.7 Å². The van der Waals surface area contributed by atoms with Crippen molar-refractivity contribution >= 4 is 58.2 Å². The molecule has 6 rings (SSSR count). The van der Waals surface area contributed by atoms with Gasteiger partial charge >= 0.3 is 10.8 Å². The number of thioether (sulfide) groups is 1. The molecule has 1 aromatic heterocycles. The lowest BCUT2D eigenvalue weighted by atomic mass is 9.82. The van der Waals surface area contributed by atoms with Gasteiger partial charge in [-0.1, -0.05) is 41.3 Å². The number of esters is 1. The number of phenolic OH excluding ortho intramolecular Hbond substituents is 1. The number of phenols is 1. The van der Waals surface area contributed by atoms with Crippen molar-refractivity contribution in [1.29, 1.82) is 0 Å². The smallest absolute Gasteiger partial charge is 0.338 e. The second-order valence-electron chi connectivity index (χ2n) is 10.3. The Labute approximate surface area is 265 Å². The van der Waals surface area contributed by atoms with E-state index in [9.17, 15) is 29.1 Å². The van der Waals surface area contributed by atoms with E-state index in [0.717, 1.165) is 28.0 Å². The molecule has 3 atom stereocenters. The van der Waals surface area contributed by atoms with E-state index in [1.54, 1.807) is 31.2 Å². The fourth-order valence-electron chi connectivity index (χ4n) is 5.62. The lowest BCUT2D eigenvalue weighted by Gasteiger charge is -2.31. The lowest BCUT2D eigenvalue weighted by Crippen LogP contribution is -2.33. The fourth-order valence-corrected chi connectivity index (χ4v) is 8.38. The number of nitrogens with zero attached hydrogens (tertiary/aromatic N) is 2. The minimum Gasteiger partial charge on any atom is -0.508 e. The van der Waals surface area contributed by atoms with Gasteiger partial charge in [-0.05, 0) is 61.5 Å². The summed E-state index contributed by atoms with van der Waals surface area (Å²) in [5.74, 6) is -2.94. The molecular weight excluding hydrogens is 618 g/mol. The van der Waals surface area contributed by atoms with Crippen molar-refractivity contribution in [3.8, 4) is 11.5 Å². The average molecular weight is 646 g/mol. The van der Waals surface area contributed by atoms with Crippen molar-refractivity contribution in [3.05, 3.63) is 98.5 Å². The van der Waals surface area contributed by atoms with Gasteiger partial charge in [-0.15, -0.1) is 0 Å². The molecule has 4 aromatic rings. The van der Waals surface area contributed by atoms with Crippen LogP contribution in [0.2, 0.25) is 0 Å². The van der Waals surface area contributed by atoms with Crippen LogP contribution in [0.15, 0.2) is 82.6 Å². The SMILES string of the molecule is CCOC(=O)c1ccc(N2C(=O)C3Sc4c(sc(=O)n4CC(=O)Nc4ccc(O)cc4)C(c4ccccc4OC)C3C2=O)cc1. The van der Waals surface area contributed by atoms with Gasteiger partial charge in [0, 0.05) is 22.0 Å². The average Bonchev–Trinajstić information content (AvgIpc) is 3.48. The van der Waals surface area contributed by atoms with Crippen molar-refractivity contribution in [2.75, 3.05) is 23.9 Å². The molecule has 2 N–H and O–H groups in total. The first-order valence-corrected chi connectivity index (χ1v) is 15.7. The number of ether oxygens (including phenoxy) is 2. The van der Waals surface area contributed by atoms with Gasteiger partial charge in [0.05, 0.1) is 35.9 Å². The van der Waals surface area contributed by atoms with Crippen LogP contribution in [0.1, 0.15) is 33.6 Å². The van der Waals surface area contributed by atoms with Crippen molar-refractivity contribution < 1.29 is 33.8 Å². The Kier molecular flexibility index (Phi) is 8.21. The number of nitrogens with one attached hydrogen (secondary N) is 1. The molecule has 3 aromatic carbocycles. The summed E-state index contributed by atoms with van der Waals surface area (Å²) in [6.45, 7) is 1.59. The number of aromatic nitrogens is 1. The number of amides is 3. The molecule has 1 saturated heterocycles. The second kappa shape index (κ2) is 12.3. The number of thiazole rings is 1. The van der Waals surface area contributed by atoms with Crippen LogP contribution in [0.5, 0.6) is 11.5 Å². The van der Waals surface area contributed by atoms with Gasteiger partial charge in [-0.25, -0.2) is 9.69 Å². The molecule has 0 aliphatic carbocycles. The van der Waals surface area contributed by atoms with Gasteiger partial charge in [-0.2, -0.15) is 0 Å². The van der Waals surface area contributed by atoms with Crippen LogP contribution >= 0.6 is 23.1 Å². The van der Waals surface area contributed by atoms with E-state index in [0.29, 0.717) is 32.6 Å². The zero-order valence-electron chi connectivity index (χ0n) is 24.1. The summed E-state index contributed by atoms with van der Waals surface area (Å²) in [5, 5.41) is 11.8. The molecular formula is C32H27N3O8S2. The number of carbonyl (C=O) groups is 4. The van der Waals surface area contributed by atoms with Crippen LogP contribution in [-0.4, -0.2) is 52.3 Å². The summed E-state index contributed by atoms with van der Waals surface area (Å²) in [6, 6.07) is 19.1. The highest BCUT2D eigenvalue weighted by Crippen LogP contribution is 2.55. The third-order valence-corrected chi connectivity index (χ3v) is 10.2. The maximum atomic E-state index is 14.2. The van der Waals surface area contributed by atoms with E-state index in [-0.39, 0.29) is 24.5 Å². The van der Waals surface area contributed by atoms with Gasteiger partial charge in [-0.3, -0.25) is 23.7 Å². The van der Waals surface area contributed by atoms with E-state index in [4.69, 9.17) is 9.47 Å². The van der Waals surface area contributed by atoms with Crippen LogP contribution in [0.25, 0.3) is 0 Å². The van der Waals surface area contributed by atoms with Crippen molar-refractivity contribution in [2.45, 2.75) is 29.7 Å². The number of para-hydroxylation sites is 1. The van der Waals surface area contributed by atoms with E-state index in [2.05, 4.69) is 5.32 Å². The van der Waals surface area contributed by atoms with E-state index < -0.39 is 45.6 Å². The quantitative estimate of drug-likeness (QED) is 0.163. The predicted octanol–water partition coefficient (Wildman–Crippen LogP) is 4.24. The standard InChI is InChI=1S/C32H27N3O8S2/c1-3-43-31(40)17-8-12-19(13-9-17)35-28(38)25-24(21-6-4-5-7-22(21)42-2)27-30(44-26(25)29(35)39)34(32(41)45-27)16-23(37)33-18-10-14-20(36)15-11-18/h4-15,24-26,36H,3,16H2,1-2H3,(H,33,37). The third-order valence-electron chi connectivity index (χ3n) is 7.61. The molecule has 2 aliphatic heterocycles. The number of aromatic hydroxyl groups is 1. The van der Waals surface area contributed by atoms with Crippen molar-refractivity contribution in [1.82, 2.24) is 4.57 Å². The Hall–Kier alpha value is -4.88. The lowest BCUT2D eigenvalue weighted by molar-refractivity contribution is -0.122. The highest BCUT2D eigenvalue weighted by atomic mass is 32.2. The molecule has 11 nitrogen and oxygen atoms in total. The highest BCUT2D eigenvalue weighted by Gasteiger charge is 2.57. The normalized spacial score (nSPS) is 18.7. The molecule has 3 unspecified atom stereocenters. The first-order valence-electron chi connectivity index (χ1n) is 14.0. The number of hydrogen-bond acceptors (Lipinski definition) is 10. The van der Waals surface area contributed by atoms with Crippen LogP contribution in [-0.2, 0) is 25.7 Å². The maximum absolute atomic E-state index is 14.2. The highest BCUT2D eigenvalue weighted by molar-refractivity contribution is 8.00. The molecule has 1 fully saturated rings. The number of carbonyl (C=O) groups excluding carboxylic acids is 4. The number of imide groups is 1. The zero-order chi connectivity index (χ0) is 31.8. The van der Waals surface area contributed by atoms with Crippen molar-refractivity contribution in [2.24, 2.45) is 5.92 Å². The summed E-state index contributed by atoms with van der Waals surface area (Å²) in [4.78, 5) is 68.0. The predicted molar refractivity (Wildman–Crippen MR) is 168 cm³/mol. The molecule has 0 saturated carbocycles. The number of hydrogen-bond donors (Lipinski definition) is 2. The summed E-state index contributed by atoms with van der Waals surface area (Å²) in [5.41, 5.74) is 1.67. The molecule has 13 heteroatoms. The van der Waals surface area contributed by atoms with Gasteiger partial charge in [0.1, 0.15) is 23.3 Å². The third kappa shape index (κ3) is 5.49. The number of methoxy groups -OCH3 is 1. The van der Waals surface area contributed by atoms with Crippen LogP contribution in [0.4, 0.5) is 11.4 Å². The Morgan fingerprint density at radius 3 is 2.36 bits per heavy atom. The second-order valence-corrected chi connectivity index (χ2v) is 12.4. The molecule has 45 heavy (non-hydrogen) atoms. The Bertz CT molecular complexity index is 1870. The van der Waals surface area contributed by atoms with Gasteiger partial charge in [0.15, 0.2) is 0 Å². The molecule has 3 heterocycles. The molecule has 0 bridgehead atoms. The fraction of sp³-hybridized carbons (Fsp3) is 0.219. The minimum absolute atomic E-state index is 0.0456. The van der Waals surface area contributed by atoms with Gasteiger partial charge < -0.3 is 19.9 Å². The first-order chi connectivity index (χ1) is 21.7. The van der Waals surface area contributed by atoms with E-state index in [1.165, 1.54) is 60.2 Å². The summed E-state index contributed by atoms with van der Waals surface area (Å²) in [7, 11) is 1.51. The minimum atomic E-state index is -0.898. The topological polar surface area (TPSA) is 144 Å². The number of rotatable bonds is 8. The molecule has 0 radical (unpaired) electrons. The number of fused-ring (bicyclic) bond motifs is 2. The zero-order valence-corrected chi connectivity index (χ0v) is 25.7. The van der Waals surface area contributed by atoms with E-state index in [1.807, 2.05) is 0 Å². The Morgan fingerprint density at radius 2 is 1.67 bits per heavy atom. The van der Waals surface area contributed by atoms with Crippen LogP contribution in [0.3, 0.4) is 0 Å². The van der Waals surface area contributed by atoms with Crippen LogP contribution in [0, 0.1) is 5.92 Å². The summed E-state index contributed by atoms with van der Waals surface area (Å²) >= 11 is 2.03. The molecule has 3 amide bonds. The maximum Gasteiger partial charge on any atom is 0.338 e. The Balaban J connectivity index is 1.39. The first kappa shape index (κ1) is 30.2. The summed E-state index contributed by atoms with van der Waals surface area (Å²) < 4.78 is 12.0. The largest absolute Gasteiger partial charge is 0.508 e. The summed E-state index contributed by atoms with van der Waals surface area (Å²) in [6.07, 6.45) is 0. The Morgan fingerprint density at radius 1 is 0.956 bits per heavy atom. The van der Waals surface area contributed by atoms with Gasteiger partial charge in [0.25, 0.3) is 0 Å². The molecule has 2 aliphatic rings. The van der Waals surface area contributed by atoms with Crippen LogP contribution < -0.4 is 19.8 Å². The number of anilines is 2. The van der Waals surface area contributed by atoms with E-state index >= 15 is 0 Å².